The number of esters is 1. The van der Waals surface area contributed by atoms with Crippen molar-refractivity contribution >= 4 is 45.5 Å². The fourth-order valence-corrected chi connectivity index (χ4v) is 3.51. The van der Waals surface area contributed by atoms with Crippen LogP contribution in [-0.2, 0) is 14.3 Å². The zero-order valence-electron chi connectivity index (χ0n) is 15.7. The third-order valence-corrected chi connectivity index (χ3v) is 5.03. The van der Waals surface area contributed by atoms with Crippen molar-refractivity contribution in [2.24, 2.45) is 0 Å². The van der Waals surface area contributed by atoms with Gasteiger partial charge in [0.15, 0.2) is 6.61 Å². The minimum absolute atomic E-state index is 0.0873. The first-order valence-corrected chi connectivity index (χ1v) is 9.01. The van der Waals surface area contributed by atoms with Crippen LogP contribution >= 0.6 is 11.3 Å². The third-order valence-electron chi connectivity index (χ3n) is 3.91. The average molecular weight is 405 g/mol. The maximum atomic E-state index is 12.4. The normalized spacial score (nSPS) is 10.3. The van der Waals surface area contributed by atoms with Crippen molar-refractivity contribution in [2.75, 3.05) is 17.2 Å². The molecule has 0 unspecified atom stereocenters. The Kier molecular flexibility index (Phi) is 6.47. The second-order valence-electron chi connectivity index (χ2n) is 6.05. The molecule has 0 bridgehead atoms. The number of nitro benzene ring substituents is 1. The number of hydrogen-bond acceptors (Lipinski definition) is 7. The fraction of sp³-hybridized carbons (Fsp3) is 0.278. The summed E-state index contributed by atoms with van der Waals surface area (Å²) in [5, 5.41) is 16.3. The second kappa shape index (κ2) is 8.61. The van der Waals surface area contributed by atoms with E-state index in [0.29, 0.717) is 21.8 Å². The summed E-state index contributed by atoms with van der Waals surface area (Å²) >= 11 is 1.25. The highest BCUT2D eigenvalue weighted by molar-refractivity contribution is 7.16. The molecule has 1 heterocycles. The van der Waals surface area contributed by atoms with Gasteiger partial charge >= 0.3 is 5.97 Å². The molecule has 28 heavy (non-hydrogen) atoms. The Morgan fingerprint density at radius 3 is 2.43 bits per heavy atom. The van der Waals surface area contributed by atoms with Crippen LogP contribution in [0.15, 0.2) is 18.2 Å². The summed E-state index contributed by atoms with van der Waals surface area (Å²) in [6.45, 7) is 5.95. The van der Waals surface area contributed by atoms with Crippen molar-refractivity contribution in [2.45, 2.75) is 27.7 Å². The Hall–Kier alpha value is -3.27. The zero-order chi connectivity index (χ0) is 21.0. The van der Waals surface area contributed by atoms with Crippen molar-refractivity contribution in [3.63, 3.8) is 0 Å². The van der Waals surface area contributed by atoms with E-state index in [9.17, 15) is 24.5 Å². The van der Waals surface area contributed by atoms with Crippen LogP contribution in [0.4, 0.5) is 16.4 Å². The number of carbonyl (C=O) groups excluding carboxylic acids is 3. The van der Waals surface area contributed by atoms with Crippen molar-refractivity contribution in [3.05, 3.63) is 49.9 Å². The maximum Gasteiger partial charge on any atom is 0.341 e. The van der Waals surface area contributed by atoms with Crippen LogP contribution in [0.3, 0.4) is 0 Å². The van der Waals surface area contributed by atoms with Gasteiger partial charge in [-0.2, -0.15) is 0 Å². The summed E-state index contributed by atoms with van der Waals surface area (Å²) in [4.78, 5) is 46.9. The molecule has 2 amide bonds. The first-order valence-electron chi connectivity index (χ1n) is 8.19. The summed E-state index contributed by atoms with van der Waals surface area (Å²) in [7, 11) is 0. The topological polar surface area (TPSA) is 128 Å². The monoisotopic (exact) mass is 405 g/mol. The number of nitrogens with one attached hydrogen (secondary N) is 2. The molecular formula is C18H19N3O6S. The summed E-state index contributed by atoms with van der Waals surface area (Å²) < 4.78 is 5.08. The van der Waals surface area contributed by atoms with E-state index in [0.717, 1.165) is 4.88 Å². The molecule has 0 saturated heterocycles. The summed E-state index contributed by atoms with van der Waals surface area (Å²) in [6.07, 6.45) is 0. The molecule has 2 N–H and O–H groups in total. The predicted octanol–water partition coefficient (Wildman–Crippen LogP) is 3.34. The van der Waals surface area contributed by atoms with Gasteiger partial charge in [-0.1, -0.05) is 0 Å². The number of nitro groups is 1. The van der Waals surface area contributed by atoms with E-state index in [1.54, 1.807) is 13.8 Å². The smallest absolute Gasteiger partial charge is 0.341 e. The SMILES string of the molecule is CC(=O)Nc1sc(C)c(C)c1C(=O)OCC(=O)Nc1ccc([N+](=O)[O-])cc1C. The molecule has 0 radical (unpaired) electrons. The van der Waals surface area contributed by atoms with Crippen LogP contribution in [0.25, 0.3) is 0 Å². The van der Waals surface area contributed by atoms with E-state index in [2.05, 4.69) is 10.6 Å². The Morgan fingerprint density at radius 1 is 1.18 bits per heavy atom. The molecule has 0 aliphatic heterocycles. The van der Waals surface area contributed by atoms with Crippen molar-refractivity contribution < 1.29 is 24.0 Å². The second-order valence-corrected chi connectivity index (χ2v) is 7.27. The number of anilines is 2. The average Bonchev–Trinajstić information content (AvgIpc) is 2.87. The van der Waals surface area contributed by atoms with Crippen LogP contribution in [0.5, 0.6) is 0 Å². The lowest BCUT2D eigenvalue weighted by Gasteiger charge is -2.10. The van der Waals surface area contributed by atoms with E-state index >= 15 is 0 Å². The minimum atomic E-state index is -0.721. The Labute approximate surface area is 164 Å². The van der Waals surface area contributed by atoms with E-state index in [4.69, 9.17) is 4.74 Å². The lowest BCUT2D eigenvalue weighted by molar-refractivity contribution is -0.384. The molecule has 0 aliphatic carbocycles. The van der Waals surface area contributed by atoms with Gasteiger partial charge in [0.1, 0.15) is 5.00 Å². The zero-order valence-corrected chi connectivity index (χ0v) is 16.6. The molecule has 9 nitrogen and oxygen atoms in total. The highest BCUT2D eigenvalue weighted by Crippen LogP contribution is 2.33. The first kappa shape index (κ1) is 21.0. The Balaban J connectivity index is 2.04. The molecule has 2 aromatic rings. The molecule has 1 aromatic heterocycles. The Bertz CT molecular complexity index is 966. The van der Waals surface area contributed by atoms with Crippen LogP contribution in [0.2, 0.25) is 0 Å². The standard InChI is InChI=1S/C18H19N3O6S/c1-9-7-13(21(25)26)5-6-14(9)20-15(23)8-27-18(24)16-10(2)11(3)28-17(16)19-12(4)22/h5-7H,8H2,1-4H3,(H,19,22)(H,20,23). The molecular weight excluding hydrogens is 386 g/mol. The number of ether oxygens (including phenoxy) is 1. The molecule has 0 saturated carbocycles. The number of aryl methyl sites for hydroxylation is 2. The van der Waals surface area contributed by atoms with Crippen molar-refractivity contribution in [3.8, 4) is 0 Å². The minimum Gasteiger partial charge on any atom is -0.452 e. The quantitative estimate of drug-likeness (QED) is 0.431. The number of benzene rings is 1. The van der Waals surface area contributed by atoms with Crippen LogP contribution in [-0.4, -0.2) is 29.3 Å². The van der Waals surface area contributed by atoms with Crippen LogP contribution in [0, 0.1) is 30.9 Å². The lowest BCUT2D eigenvalue weighted by Crippen LogP contribution is -2.22. The summed E-state index contributed by atoms with van der Waals surface area (Å²) in [6, 6.07) is 4.01. The fourth-order valence-electron chi connectivity index (χ4n) is 2.41. The van der Waals surface area contributed by atoms with Gasteiger partial charge in [0, 0.05) is 29.6 Å². The third kappa shape index (κ3) is 4.92. The molecule has 0 atom stereocenters. The largest absolute Gasteiger partial charge is 0.452 e. The number of non-ortho nitro benzene ring substituents is 1. The van der Waals surface area contributed by atoms with Crippen LogP contribution < -0.4 is 10.6 Å². The summed E-state index contributed by atoms with van der Waals surface area (Å²) in [5.41, 5.74) is 1.69. The van der Waals surface area contributed by atoms with Gasteiger partial charge in [-0.3, -0.25) is 19.7 Å². The van der Waals surface area contributed by atoms with Crippen molar-refractivity contribution in [1.29, 1.82) is 0 Å². The number of thiophene rings is 1. The molecule has 2 rings (SSSR count). The molecule has 10 heteroatoms. The van der Waals surface area contributed by atoms with Gasteiger partial charge in [0.25, 0.3) is 11.6 Å². The molecule has 0 spiro atoms. The van der Waals surface area contributed by atoms with Gasteiger partial charge in [-0.15, -0.1) is 11.3 Å². The molecule has 148 valence electrons. The van der Waals surface area contributed by atoms with Crippen LogP contribution in [0.1, 0.15) is 33.3 Å². The van der Waals surface area contributed by atoms with Gasteiger partial charge in [0.2, 0.25) is 5.91 Å². The van der Waals surface area contributed by atoms with E-state index in [1.165, 1.54) is 36.5 Å². The predicted molar refractivity (Wildman–Crippen MR) is 105 cm³/mol. The molecule has 1 aromatic carbocycles. The van der Waals surface area contributed by atoms with Gasteiger partial charge in [-0.05, 0) is 38.0 Å². The van der Waals surface area contributed by atoms with Gasteiger partial charge < -0.3 is 15.4 Å². The van der Waals surface area contributed by atoms with E-state index in [1.807, 2.05) is 6.92 Å². The summed E-state index contributed by atoms with van der Waals surface area (Å²) in [5.74, 6) is -1.63. The number of rotatable bonds is 6. The van der Waals surface area contributed by atoms with E-state index < -0.39 is 23.4 Å². The highest BCUT2D eigenvalue weighted by Gasteiger charge is 2.22. The number of nitrogens with zero attached hydrogens (tertiary/aromatic N) is 1. The van der Waals surface area contributed by atoms with Crippen molar-refractivity contribution in [1.82, 2.24) is 0 Å². The number of hydrogen-bond donors (Lipinski definition) is 2. The molecule has 0 aliphatic rings. The number of amides is 2. The Morgan fingerprint density at radius 2 is 1.86 bits per heavy atom. The van der Waals surface area contributed by atoms with E-state index in [-0.39, 0.29) is 17.2 Å². The highest BCUT2D eigenvalue weighted by atomic mass is 32.1. The van der Waals surface area contributed by atoms with Gasteiger partial charge in [-0.25, -0.2) is 4.79 Å². The number of carbonyl (C=O) groups is 3. The lowest BCUT2D eigenvalue weighted by atomic mass is 10.1. The molecule has 0 fully saturated rings. The maximum absolute atomic E-state index is 12.4. The first-order chi connectivity index (χ1) is 13.1. The van der Waals surface area contributed by atoms with Gasteiger partial charge in [0.05, 0.1) is 10.5 Å².